The number of carbonyl (C=O) groups is 2. The third-order valence-corrected chi connectivity index (χ3v) is 5.85. The number of hydrogen-bond donors (Lipinski definition) is 1. The molecule has 162 valence electrons. The number of esters is 1. The second kappa shape index (κ2) is 9.62. The van der Waals surface area contributed by atoms with Crippen LogP contribution in [0, 0.1) is 0 Å². The van der Waals surface area contributed by atoms with Gasteiger partial charge in [0.1, 0.15) is 5.75 Å². The van der Waals surface area contributed by atoms with Crippen LogP contribution in [0.25, 0.3) is 22.0 Å². The average molecular weight is 447 g/mol. The predicted molar refractivity (Wildman–Crippen MR) is 126 cm³/mol. The molecule has 1 atom stereocenters. The Bertz CT molecular complexity index is 1250. The van der Waals surface area contributed by atoms with Gasteiger partial charge in [-0.3, -0.25) is 14.9 Å². The summed E-state index contributed by atoms with van der Waals surface area (Å²) in [7, 11) is 1.63. The highest BCUT2D eigenvalue weighted by molar-refractivity contribution is 7.14. The Balaban J connectivity index is 1.33. The molecule has 0 radical (unpaired) electrons. The third-order valence-electron chi connectivity index (χ3n) is 5.09. The SMILES string of the molecule is COc1ccc2cc([C@@H](C)C(=O)OCC(=O)Nc3nc(-c4ccccc4)cs3)ccc2c1. The summed E-state index contributed by atoms with van der Waals surface area (Å²) >= 11 is 1.32. The Labute approximate surface area is 189 Å². The summed E-state index contributed by atoms with van der Waals surface area (Å²) in [5, 5.41) is 7.03. The topological polar surface area (TPSA) is 77.5 Å². The highest BCUT2D eigenvalue weighted by Crippen LogP contribution is 2.26. The number of anilines is 1. The number of methoxy groups -OCH3 is 1. The second-order valence-electron chi connectivity index (χ2n) is 7.25. The Morgan fingerprint density at radius 3 is 2.56 bits per heavy atom. The molecule has 0 spiro atoms. The van der Waals surface area contributed by atoms with Crippen molar-refractivity contribution < 1.29 is 19.1 Å². The van der Waals surface area contributed by atoms with E-state index in [1.54, 1.807) is 14.0 Å². The maximum absolute atomic E-state index is 12.5. The molecule has 4 aromatic rings. The zero-order valence-corrected chi connectivity index (χ0v) is 18.5. The molecule has 0 aliphatic rings. The van der Waals surface area contributed by atoms with E-state index >= 15 is 0 Å². The van der Waals surface area contributed by atoms with Gasteiger partial charge in [0.05, 0.1) is 18.7 Å². The molecule has 1 heterocycles. The molecule has 6 nitrogen and oxygen atoms in total. The fourth-order valence-corrected chi connectivity index (χ4v) is 4.00. The minimum Gasteiger partial charge on any atom is -0.497 e. The van der Waals surface area contributed by atoms with Gasteiger partial charge in [-0.05, 0) is 35.4 Å². The van der Waals surface area contributed by atoms with Crippen molar-refractivity contribution in [1.29, 1.82) is 0 Å². The maximum Gasteiger partial charge on any atom is 0.313 e. The smallest absolute Gasteiger partial charge is 0.313 e. The molecular formula is C25H22N2O4S. The molecule has 1 N–H and O–H groups in total. The molecule has 0 unspecified atom stereocenters. The Morgan fingerprint density at radius 2 is 1.78 bits per heavy atom. The summed E-state index contributed by atoms with van der Waals surface area (Å²) in [5.41, 5.74) is 2.57. The molecule has 0 saturated heterocycles. The van der Waals surface area contributed by atoms with Crippen molar-refractivity contribution in [3.63, 3.8) is 0 Å². The summed E-state index contributed by atoms with van der Waals surface area (Å²) in [4.78, 5) is 29.1. The normalized spacial score (nSPS) is 11.7. The molecule has 3 aromatic carbocycles. The summed E-state index contributed by atoms with van der Waals surface area (Å²) in [6.07, 6.45) is 0. The largest absolute Gasteiger partial charge is 0.497 e. The first-order chi connectivity index (χ1) is 15.5. The quantitative estimate of drug-likeness (QED) is 0.392. The molecule has 0 aliphatic carbocycles. The first kappa shape index (κ1) is 21.5. The number of ether oxygens (including phenoxy) is 2. The number of hydrogen-bond acceptors (Lipinski definition) is 6. The number of fused-ring (bicyclic) bond motifs is 1. The van der Waals surface area contributed by atoms with Crippen molar-refractivity contribution in [3.8, 4) is 17.0 Å². The van der Waals surface area contributed by atoms with Gasteiger partial charge in [-0.15, -0.1) is 11.3 Å². The Morgan fingerprint density at radius 1 is 1.03 bits per heavy atom. The van der Waals surface area contributed by atoms with Crippen LogP contribution in [0.1, 0.15) is 18.4 Å². The molecule has 1 aromatic heterocycles. The second-order valence-corrected chi connectivity index (χ2v) is 8.11. The first-order valence-electron chi connectivity index (χ1n) is 10.1. The lowest BCUT2D eigenvalue weighted by atomic mass is 9.98. The Kier molecular flexibility index (Phi) is 6.47. The van der Waals surface area contributed by atoms with Gasteiger partial charge in [0.15, 0.2) is 11.7 Å². The predicted octanol–water partition coefficient (Wildman–Crippen LogP) is 5.26. The van der Waals surface area contributed by atoms with Crippen molar-refractivity contribution in [3.05, 3.63) is 77.7 Å². The summed E-state index contributed by atoms with van der Waals surface area (Å²) in [5.74, 6) is -0.610. The summed E-state index contributed by atoms with van der Waals surface area (Å²) < 4.78 is 10.5. The number of nitrogens with zero attached hydrogens (tertiary/aromatic N) is 1. The van der Waals surface area contributed by atoms with Crippen LogP contribution in [0.3, 0.4) is 0 Å². The number of amides is 1. The number of rotatable bonds is 7. The van der Waals surface area contributed by atoms with Crippen LogP contribution in [0.15, 0.2) is 72.1 Å². The number of carbonyl (C=O) groups excluding carboxylic acids is 2. The van der Waals surface area contributed by atoms with Gasteiger partial charge in [0.2, 0.25) is 0 Å². The highest BCUT2D eigenvalue weighted by atomic mass is 32.1. The number of aromatic nitrogens is 1. The maximum atomic E-state index is 12.5. The zero-order chi connectivity index (χ0) is 22.5. The summed E-state index contributed by atoms with van der Waals surface area (Å²) in [6.45, 7) is 1.39. The van der Waals surface area contributed by atoms with Gasteiger partial charge in [0.25, 0.3) is 5.91 Å². The lowest BCUT2D eigenvalue weighted by molar-refractivity contribution is -0.148. The van der Waals surface area contributed by atoms with Crippen molar-refractivity contribution in [1.82, 2.24) is 4.98 Å². The van der Waals surface area contributed by atoms with Crippen molar-refractivity contribution in [2.75, 3.05) is 19.0 Å². The molecular weight excluding hydrogens is 424 g/mol. The highest BCUT2D eigenvalue weighted by Gasteiger charge is 2.19. The lowest BCUT2D eigenvalue weighted by Gasteiger charge is -2.13. The molecule has 4 rings (SSSR count). The van der Waals surface area contributed by atoms with Gasteiger partial charge in [-0.25, -0.2) is 4.98 Å². The number of nitrogens with one attached hydrogen (secondary N) is 1. The van der Waals surface area contributed by atoms with Crippen molar-refractivity contribution in [2.24, 2.45) is 0 Å². The average Bonchev–Trinajstić information content (AvgIpc) is 3.30. The monoisotopic (exact) mass is 446 g/mol. The first-order valence-corrected chi connectivity index (χ1v) is 11.0. The van der Waals surface area contributed by atoms with Crippen LogP contribution < -0.4 is 10.1 Å². The van der Waals surface area contributed by atoms with Gasteiger partial charge >= 0.3 is 5.97 Å². The molecule has 0 bridgehead atoms. The fourth-order valence-electron chi connectivity index (χ4n) is 3.26. The van der Waals surface area contributed by atoms with Crippen LogP contribution in [0.2, 0.25) is 0 Å². The standard InChI is InChI=1S/C25H22N2O4S/c1-16(18-8-9-20-13-21(30-2)11-10-19(20)12-18)24(29)31-14-23(28)27-25-26-22(15-32-25)17-6-4-3-5-7-17/h3-13,15-16H,14H2,1-2H3,(H,26,27,28)/t16-/m1/s1. The molecule has 0 aliphatic heterocycles. The van der Waals surface area contributed by atoms with Crippen LogP contribution in [0.5, 0.6) is 5.75 Å². The van der Waals surface area contributed by atoms with Crippen LogP contribution >= 0.6 is 11.3 Å². The van der Waals surface area contributed by atoms with Gasteiger partial charge in [-0.2, -0.15) is 0 Å². The molecule has 1 amide bonds. The molecule has 7 heteroatoms. The molecule has 32 heavy (non-hydrogen) atoms. The van der Waals surface area contributed by atoms with E-state index in [-0.39, 0.29) is 6.61 Å². The third kappa shape index (κ3) is 4.95. The zero-order valence-electron chi connectivity index (χ0n) is 17.7. The van der Waals surface area contributed by atoms with Crippen LogP contribution in [-0.2, 0) is 14.3 Å². The van der Waals surface area contributed by atoms with E-state index in [2.05, 4.69) is 10.3 Å². The van der Waals surface area contributed by atoms with E-state index in [1.807, 2.05) is 72.1 Å². The summed E-state index contributed by atoms with van der Waals surface area (Å²) in [6, 6.07) is 21.2. The van der Waals surface area contributed by atoms with E-state index < -0.39 is 17.8 Å². The van der Waals surface area contributed by atoms with Crippen molar-refractivity contribution in [2.45, 2.75) is 12.8 Å². The minimum atomic E-state index is -0.501. The van der Waals surface area contributed by atoms with Gasteiger partial charge in [0, 0.05) is 10.9 Å². The molecule has 0 saturated carbocycles. The van der Waals surface area contributed by atoms with E-state index in [4.69, 9.17) is 9.47 Å². The van der Waals surface area contributed by atoms with E-state index in [1.165, 1.54) is 11.3 Å². The minimum absolute atomic E-state index is 0.367. The van der Waals surface area contributed by atoms with Crippen LogP contribution in [-0.4, -0.2) is 30.6 Å². The van der Waals surface area contributed by atoms with E-state index in [0.29, 0.717) is 5.13 Å². The van der Waals surface area contributed by atoms with Gasteiger partial charge in [-0.1, -0.05) is 54.6 Å². The Hall–Kier alpha value is -3.71. The lowest BCUT2D eigenvalue weighted by Crippen LogP contribution is -2.23. The van der Waals surface area contributed by atoms with E-state index in [0.717, 1.165) is 33.3 Å². The van der Waals surface area contributed by atoms with Crippen LogP contribution in [0.4, 0.5) is 5.13 Å². The van der Waals surface area contributed by atoms with E-state index in [9.17, 15) is 9.59 Å². The fraction of sp³-hybridized carbons (Fsp3) is 0.160. The number of thiazole rings is 1. The van der Waals surface area contributed by atoms with Gasteiger partial charge < -0.3 is 9.47 Å². The number of benzene rings is 3. The molecule has 0 fully saturated rings. The van der Waals surface area contributed by atoms with Crippen molar-refractivity contribution >= 4 is 39.1 Å².